The minimum absolute atomic E-state index is 0.260. The molecule has 0 spiro atoms. The lowest BCUT2D eigenvalue weighted by Gasteiger charge is -2.06. The van der Waals surface area contributed by atoms with Gasteiger partial charge in [-0.15, -0.1) is 0 Å². The average molecular weight is 320 g/mol. The van der Waals surface area contributed by atoms with Crippen molar-refractivity contribution in [3.05, 3.63) is 63.8 Å². The molecule has 0 saturated carbocycles. The maximum Gasteiger partial charge on any atom is 0.269 e. The van der Waals surface area contributed by atoms with Gasteiger partial charge in [0, 0.05) is 15.4 Å². The second kappa shape index (κ2) is 5.39. The Morgan fingerprint density at radius 3 is 2.67 bits per heavy atom. The maximum atomic E-state index is 11.5. The van der Waals surface area contributed by atoms with E-state index in [9.17, 15) is 4.79 Å². The molecule has 0 atom stereocenters. The van der Waals surface area contributed by atoms with Crippen LogP contribution in [0.25, 0.3) is 10.9 Å². The van der Waals surface area contributed by atoms with Crippen molar-refractivity contribution in [1.29, 1.82) is 0 Å². The van der Waals surface area contributed by atoms with Crippen molar-refractivity contribution in [2.24, 2.45) is 5.73 Å². The Morgan fingerprint density at radius 2 is 1.95 bits per heavy atom. The minimum atomic E-state index is -0.549. The molecule has 1 amide bonds. The van der Waals surface area contributed by atoms with E-state index in [1.807, 2.05) is 30.3 Å². The molecule has 3 aromatic rings. The van der Waals surface area contributed by atoms with Crippen molar-refractivity contribution in [2.75, 3.05) is 0 Å². The fraction of sp³-hybridized carbons (Fsp3) is 0.0667. The first-order valence-electron chi connectivity index (χ1n) is 6.25. The molecule has 0 bridgehead atoms. The van der Waals surface area contributed by atoms with E-state index >= 15 is 0 Å². The molecule has 3 rings (SSSR count). The number of amides is 1. The Kier molecular flexibility index (Phi) is 3.57. The number of nitrogens with two attached hydrogens (primary N) is 1. The van der Waals surface area contributed by atoms with Crippen LogP contribution in [0, 0.1) is 0 Å². The SMILES string of the molecule is NC(=O)c1nn(Cc2ccc(Cl)cc2Cl)c2ccccc12. The molecule has 0 aliphatic heterocycles. The van der Waals surface area contributed by atoms with Crippen LogP contribution in [-0.4, -0.2) is 15.7 Å². The van der Waals surface area contributed by atoms with Crippen molar-refractivity contribution < 1.29 is 4.79 Å². The number of carbonyl (C=O) groups is 1. The smallest absolute Gasteiger partial charge is 0.269 e. The summed E-state index contributed by atoms with van der Waals surface area (Å²) in [6, 6.07) is 12.7. The molecule has 0 saturated heterocycles. The van der Waals surface area contributed by atoms with Gasteiger partial charge >= 0.3 is 0 Å². The van der Waals surface area contributed by atoms with E-state index in [0.717, 1.165) is 16.5 Å². The van der Waals surface area contributed by atoms with Gasteiger partial charge in [0.1, 0.15) is 0 Å². The number of nitrogens with zero attached hydrogens (tertiary/aromatic N) is 2. The van der Waals surface area contributed by atoms with Crippen molar-refractivity contribution in [2.45, 2.75) is 6.54 Å². The molecule has 1 aromatic heterocycles. The zero-order valence-electron chi connectivity index (χ0n) is 10.9. The van der Waals surface area contributed by atoms with Gasteiger partial charge in [0.25, 0.3) is 5.91 Å². The van der Waals surface area contributed by atoms with E-state index in [-0.39, 0.29) is 5.69 Å². The normalized spacial score (nSPS) is 11.0. The summed E-state index contributed by atoms with van der Waals surface area (Å²) >= 11 is 12.1. The van der Waals surface area contributed by atoms with Gasteiger partial charge in [-0.05, 0) is 23.8 Å². The molecular formula is C15H11Cl2N3O. The van der Waals surface area contributed by atoms with Crippen LogP contribution in [-0.2, 0) is 6.54 Å². The lowest BCUT2D eigenvalue weighted by atomic mass is 10.2. The van der Waals surface area contributed by atoms with Crippen LogP contribution in [0.4, 0.5) is 0 Å². The van der Waals surface area contributed by atoms with Crippen LogP contribution in [0.2, 0.25) is 10.0 Å². The first-order valence-corrected chi connectivity index (χ1v) is 7.01. The Morgan fingerprint density at radius 1 is 1.19 bits per heavy atom. The number of rotatable bonds is 3. The first kappa shape index (κ1) is 13.9. The maximum absolute atomic E-state index is 11.5. The second-order valence-corrected chi connectivity index (χ2v) is 5.47. The van der Waals surface area contributed by atoms with Gasteiger partial charge in [-0.1, -0.05) is 47.5 Å². The van der Waals surface area contributed by atoms with Gasteiger partial charge in [-0.2, -0.15) is 5.10 Å². The van der Waals surface area contributed by atoms with Crippen LogP contribution < -0.4 is 5.73 Å². The first-order chi connectivity index (χ1) is 10.1. The molecule has 2 N–H and O–H groups in total. The van der Waals surface area contributed by atoms with Crippen molar-refractivity contribution in [3.8, 4) is 0 Å². The van der Waals surface area contributed by atoms with Crippen LogP contribution in [0.5, 0.6) is 0 Å². The van der Waals surface area contributed by atoms with Gasteiger partial charge < -0.3 is 5.73 Å². The summed E-state index contributed by atoms with van der Waals surface area (Å²) in [6.45, 7) is 0.434. The third-order valence-corrected chi connectivity index (χ3v) is 3.81. The third kappa shape index (κ3) is 2.60. The van der Waals surface area contributed by atoms with Gasteiger partial charge in [0.05, 0.1) is 12.1 Å². The van der Waals surface area contributed by atoms with Crippen molar-refractivity contribution in [1.82, 2.24) is 9.78 Å². The highest BCUT2D eigenvalue weighted by Gasteiger charge is 2.15. The molecule has 21 heavy (non-hydrogen) atoms. The largest absolute Gasteiger partial charge is 0.364 e. The Labute approximate surface area is 131 Å². The highest BCUT2D eigenvalue weighted by molar-refractivity contribution is 6.35. The molecule has 1 heterocycles. The number of primary amides is 1. The number of hydrogen-bond acceptors (Lipinski definition) is 2. The Hall–Kier alpha value is -2.04. The fourth-order valence-electron chi connectivity index (χ4n) is 2.24. The molecule has 6 heteroatoms. The molecule has 0 unspecified atom stereocenters. The average Bonchev–Trinajstić information content (AvgIpc) is 2.81. The molecule has 0 aliphatic rings. The number of carbonyl (C=O) groups excluding carboxylic acids is 1. The zero-order valence-corrected chi connectivity index (χ0v) is 12.4. The Bertz CT molecular complexity index is 842. The standard InChI is InChI=1S/C15H11Cl2N3O/c16-10-6-5-9(12(17)7-10)8-20-13-4-2-1-3-11(13)14(19-20)15(18)21/h1-7H,8H2,(H2,18,21). The van der Waals surface area contributed by atoms with Gasteiger partial charge in [0.15, 0.2) is 5.69 Å². The zero-order chi connectivity index (χ0) is 15.0. The molecule has 4 nitrogen and oxygen atoms in total. The second-order valence-electron chi connectivity index (χ2n) is 4.62. The van der Waals surface area contributed by atoms with Crippen LogP contribution in [0.15, 0.2) is 42.5 Å². The van der Waals surface area contributed by atoms with Crippen LogP contribution >= 0.6 is 23.2 Å². The van der Waals surface area contributed by atoms with Crippen LogP contribution in [0.3, 0.4) is 0 Å². The summed E-state index contributed by atoms with van der Waals surface area (Å²) in [5, 5.41) is 6.16. The fourth-order valence-corrected chi connectivity index (χ4v) is 2.71. The van der Waals surface area contributed by atoms with Gasteiger partial charge in [-0.25, -0.2) is 0 Å². The number of aromatic nitrogens is 2. The molecule has 0 radical (unpaired) electrons. The number of benzene rings is 2. The molecular weight excluding hydrogens is 309 g/mol. The monoisotopic (exact) mass is 319 g/mol. The number of fused-ring (bicyclic) bond motifs is 1. The highest BCUT2D eigenvalue weighted by atomic mass is 35.5. The third-order valence-electron chi connectivity index (χ3n) is 3.23. The summed E-state index contributed by atoms with van der Waals surface area (Å²) in [5.41, 5.74) is 7.33. The van der Waals surface area contributed by atoms with Crippen LogP contribution in [0.1, 0.15) is 16.1 Å². The van der Waals surface area contributed by atoms with E-state index in [4.69, 9.17) is 28.9 Å². The van der Waals surface area contributed by atoms with Crippen molar-refractivity contribution in [3.63, 3.8) is 0 Å². The quantitative estimate of drug-likeness (QED) is 0.803. The highest BCUT2D eigenvalue weighted by Crippen LogP contribution is 2.24. The summed E-state index contributed by atoms with van der Waals surface area (Å²) in [7, 11) is 0. The number of para-hydroxylation sites is 1. The molecule has 0 fully saturated rings. The van der Waals surface area contributed by atoms with Crippen molar-refractivity contribution >= 4 is 40.0 Å². The molecule has 106 valence electrons. The van der Waals surface area contributed by atoms with E-state index in [2.05, 4.69) is 5.10 Å². The van der Waals surface area contributed by atoms with Gasteiger partial charge in [-0.3, -0.25) is 9.48 Å². The van der Waals surface area contributed by atoms with E-state index in [1.165, 1.54) is 0 Å². The summed E-state index contributed by atoms with van der Waals surface area (Å²) in [4.78, 5) is 11.5. The number of halogens is 2. The number of hydrogen-bond donors (Lipinski definition) is 1. The predicted octanol–water partition coefficient (Wildman–Crippen LogP) is 3.49. The lowest BCUT2D eigenvalue weighted by molar-refractivity contribution is 0.0996. The van der Waals surface area contributed by atoms with Gasteiger partial charge in [0.2, 0.25) is 0 Å². The molecule has 2 aromatic carbocycles. The lowest BCUT2D eigenvalue weighted by Crippen LogP contribution is -2.13. The molecule has 0 aliphatic carbocycles. The Balaban J connectivity index is 2.10. The minimum Gasteiger partial charge on any atom is -0.364 e. The summed E-state index contributed by atoms with van der Waals surface area (Å²) in [6.07, 6.45) is 0. The summed E-state index contributed by atoms with van der Waals surface area (Å²) < 4.78 is 1.71. The summed E-state index contributed by atoms with van der Waals surface area (Å²) in [5.74, 6) is -0.549. The van der Waals surface area contributed by atoms with E-state index in [0.29, 0.717) is 16.6 Å². The predicted molar refractivity (Wildman–Crippen MR) is 83.8 cm³/mol. The van der Waals surface area contributed by atoms with E-state index < -0.39 is 5.91 Å². The van der Waals surface area contributed by atoms with E-state index in [1.54, 1.807) is 16.8 Å². The topological polar surface area (TPSA) is 60.9 Å².